The summed E-state index contributed by atoms with van der Waals surface area (Å²) >= 11 is 1.74. The Hall–Kier alpha value is -2.33. The second-order valence-corrected chi connectivity index (χ2v) is 8.89. The molecule has 29 heavy (non-hydrogen) atoms. The molecule has 4 heteroatoms. The lowest BCUT2D eigenvalue weighted by atomic mass is 9.62. The van der Waals surface area contributed by atoms with Gasteiger partial charge in [-0.05, 0) is 37.0 Å². The summed E-state index contributed by atoms with van der Waals surface area (Å²) in [5.74, 6) is 1.50. The van der Waals surface area contributed by atoms with Gasteiger partial charge in [0.15, 0.2) is 4.96 Å². The number of hydrogen-bond acceptors (Lipinski definition) is 3. The van der Waals surface area contributed by atoms with Gasteiger partial charge in [0.25, 0.3) is 0 Å². The molecule has 0 saturated carbocycles. The molecule has 0 N–H and O–H groups in total. The molecule has 3 nitrogen and oxygen atoms in total. The monoisotopic (exact) mass is 406 g/mol. The molecule has 0 fully saturated rings. The van der Waals surface area contributed by atoms with E-state index in [0.29, 0.717) is 5.92 Å². The van der Waals surface area contributed by atoms with Gasteiger partial charge in [-0.25, -0.2) is 4.98 Å². The summed E-state index contributed by atoms with van der Waals surface area (Å²) in [6, 6.07) is 13.2. The smallest absolute Gasteiger partial charge is 0.193 e. The first-order valence-electron chi connectivity index (χ1n) is 10.7. The summed E-state index contributed by atoms with van der Waals surface area (Å²) in [5, 5.41) is 2.32. The number of fused-ring (bicyclic) bond motifs is 1. The highest BCUT2D eigenvalue weighted by Crippen LogP contribution is 2.48. The minimum atomic E-state index is -0.0209. The van der Waals surface area contributed by atoms with Crippen LogP contribution in [-0.2, 0) is 11.8 Å². The van der Waals surface area contributed by atoms with E-state index in [4.69, 9.17) is 4.42 Å². The third kappa shape index (κ3) is 3.66. The predicted octanol–water partition coefficient (Wildman–Crippen LogP) is 7.16. The number of thiazole rings is 1. The van der Waals surface area contributed by atoms with Crippen molar-refractivity contribution in [2.24, 2.45) is 0 Å². The van der Waals surface area contributed by atoms with Gasteiger partial charge in [0.05, 0.1) is 6.26 Å². The van der Waals surface area contributed by atoms with Crippen LogP contribution in [0, 0.1) is 6.92 Å². The van der Waals surface area contributed by atoms with Crippen LogP contribution in [-0.4, -0.2) is 9.38 Å². The summed E-state index contributed by atoms with van der Waals surface area (Å²) in [4.78, 5) is 5.61. The summed E-state index contributed by atoms with van der Waals surface area (Å²) in [6.45, 7) is 6.76. The Morgan fingerprint density at radius 3 is 2.66 bits per heavy atom. The summed E-state index contributed by atoms with van der Waals surface area (Å²) in [6.07, 6.45) is 11.3. The minimum Gasteiger partial charge on any atom is -0.469 e. The molecule has 2 atom stereocenters. The Morgan fingerprint density at radius 1 is 1.14 bits per heavy atom. The normalized spacial score (nSPS) is 14.9. The Kier molecular flexibility index (Phi) is 5.91. The van der Waals surface area contributed by atoms with E-state index in [1.807, 2.05) is 12.5 Å². The number of furan rings is 1. The van der Waals surface area contributed by atoms with E-state index in [0.717, 1.165) is 42.8 Å². The van der Waals surface area contributed by atoms with E-state index >= 15 is 0 Å². The van der Waals surface area contributed by atoms with Crippen LogP contribution in [0.1, 0.15) is 68.0 Å². The van der Waals surface area contributed by atoms with Gasteiger partial charge in [-0.3, -0.25) is 4.40 Å². The number of benzene rings is 1. The molecule has 4 rings (SSSR count). The zero-order chi connectivity index (χ0) is 20.3. The second kappa shape index (κ2) is 8.58. The molecule has 0 spiro atoms. The van der Waals surface area contributed by atoms with Crippen molar-refractivity contribution in [2.45, 2.75) is 64.2 Å². The van der Waals surface area contributed by atoms with Crippen LogP contribution in [0.4, 0.5) is 0 Å². The molecular weight excluding hydrogens is 376 g/mol. The van der Waals surface area contributed by atoms with Gasteiger partial charge in [0.2, 0.25) is 0 Å². The molecule has 0 saturated heterocycles. The van der Waals surface area contributed by atoms with Crippen LogP contribution in [0.25, 0.3) is 4.96 Å². The van der Waals surface area contributed by atoms with E-state index in [9.17, 15) is 0 Å². The van der Waals surface area contributed by atoms with Crippen molar-refractivity contribution in [3.05, 3.63) is 83.0 Å². The van der Waals surface area contributed by atoms with E-state index < -0.39 is 0 Å². The number of rotatable bonds is 9. The Bertz CT molecular complexity index is 1050. The fraction of sp³-hybridized carbons (Fsp3) is 0.400. The van der Waals surface area contributed by atoms with Gasteiger partial charge in [-0.1, -0.05) is 57.0 Å². The number of aryl methyl sites for hydroxylation is 1. The van der Waals surface area contributed by atoms with Crippen LogP contribution >= 0.6 is 11.3 Å². The fourth-order valence-electron chi connectivity index (χ4n) is 4.91. The van der Waals surface area contributed by atoms with Gasteiger partial charge in [0, 0.05) is 41.2 Å². The molecule has 0 aliphatic carbocycles. The summed E-state index contributed by atoms with van der Waals surface area (Å²) in [7, 11) is 0. The average Bonchev–Trinajstić information content (AvgIpc) is 3.45. The topological polar surface area (TPSA) is 30.4 Å². The van der Waals surface area contributed by atoms with Crippen molar-refractivity contribution in [1.82, 2.24) is 9.38 Å². The third-order valence-corrected chi connectivity index (χ3v) is 7.13. The number of aromatic nitrogens is 2. The number of imidazole rings is 1. The summed E-state index contributed by atoms with van der Waals surface area (Å²) < 4.78 is 8.29. The molecule has 0 aliphatic heterocycles. The van der Waals surface area contributed by atoms with Gasteiger partial charge < -0.3 is 4.42 Å². The largest absolute Gasteiger partial charge is 0.469 e. The fourth-order valence-corrected chi connectivity index (χ4v) is 5.82. The zero-order valence-corrected chi connectivity index (χ0v) is 18.4. The maximum atomic E-state index is 5.99. The lowest BCUT2D eigenvalue weighted by Gasteiger charge is -2.41. The molecule has 3 aromatic heterocycles. The molecule has 2 unspecified atom stereocenters. The minimum absolute atomic E-state index is 0.0209. The Labute approximate surface area is 177 Å². The van der Waals surface area contributed by atoms with Gasteiger partial charge >= 0.3 is 0 Å². The van der Waals surface area contributed by atoms with Crippen molar-refractivity contribution >= 4 is 16.3 Å². The van der Waals surface area contributed by atoms with E-state index in [1.165, 1.54) is 16.8 Å². The van der Waals surface area contributed by atoms with Crippen LogP contribution in [0.2, 0.25) is 0 Å². The maximum Gasteiger partial charge on any atom is 0.193 e. The first-order valence-corrected chi connectivity index (χ1v) is 11.6. The van der Waals surface area contributed by atoms with Crippen molar-refractivity contribution in [2.75, 3.05) is 0 Å². The molecule has 0 bridgehead atoms. The lowest BCUT2D eigenvalue weighted by Crippen LogP contribution is -2.37. The number of hydrogen-bond donors (Lipinski definition) is 0. The molecule has 0 amide bonds. The second-order valence-electron chi connectivity index (χ2n) is 8.06. The highest BCUT2D eigenvalue weighted by atomic mass is 32.1. The van der Waals surface area contributed by atoms with Crippen LogP contribution in [0.3, 0.4) is 0 Å². The standard InChI is InChI=1S/C25H30N2OS/c1-4-9-21(22-18-29-24-26-14-15-27(22)24)25(13-5-2,20-10-7-6-8-11-20)17-23-19(3)12-16-28-23/h6-8,10-12,14-16,18,21H,4-5,9,13,17H2,1-3H3. The van der Waals surface area contributed by atoms with Crippen LogP contribution < -0.4 is 0 Å². The van der Waals surface area contributed by atoms with Gasteiger partial charge in [0.1, 0.15) is 5.76 Å². The van der Waals surface area contributed by atoms with Crippen LogP contribution in [0.15, 0.2) is 64.9 Å². The molecular formula is C25H30N2OS. The molecule has 0 aliphatic rings. The molecule has 0 radical (unpaired) electrons. The van der Waals surface area contributed by atoms with Crippen molar-refractivity contribution < 1.29 is 4.42 Å². The van der Waals surface area contributed by atoms with Gasteiger partial charge in [-0.2, -0.15) is 0 Å². The van der Waals surface area contributed by atoms with Gasteiger partial charge in [-0.15, -0.1) is 11.3 Å². The SMILES string of the molecule is CCCC(c1csc2nccn12)C(CCC)(Cc1occc1C)c1ccccc1. The van der Waals surface area contributed by atoms with Crippen LogP contribution in [0.5, 0.6) is 0 Å². The lowest BCUT2D eigenvalue weighted by molar-refractivity contribution is 0.271. The van der Waals surface area contributed by atoms with Crippen molar-refractivity contribution in [3.8, 4) is 0 Å². The first kappa shape index (κ1) is 20.0. The van der Waals surface area contributed by atoms with Crippen molar-refractivity contribution in [3.63, 3.8) is 0 Å². The zero-order valence-electron chi connectivity index (χ0n) is 17.6. The summed E-state index contributed by atoms with van der Waals surface area (Å²) in [5.41, 5.74) is 4.02. The molecule has 152 valence electrons. The number of nitrogens with zero attached hydrogens (tertiary/aromatic N) is 2. The Balaban J connectivity index is 1.93. The molecule has 1 aromatic carbocycles. The first-order chi connectivity index (χ1) is 14.2. The van der Waals surface area contributed by atoms with Crippen molar-refractivity contribution in [1.29, 1.82) is 0 Å². The highest BCUT2D eigenvalue weighted by molar-refractivity contribution is 7.15. The predicted molar refractivity (Wildman–Crippen MR) is 121 cm³/mol. The van der Waals surface area contributed by atoms with E-state index in [2.05, 4.69) is 78.1 Å². The quantitative estimate of drug-likeness (QED) is 0.295. The highest BCUT2D eigenvalue weighted by Gasteiger charge is 2.42. The molecule has 4 aromatic rings. The van der Waals surface area contributed by atoms with E-state index in [1.54, 1.807) is 11.3 Å². The van der Waals surface area contributed by atoms with E-state index in [-0.39, 0.29) is 5.41 Å². The molecule has 3 heterocycles. The third-order valence-electron chi connectivity index (χ3n) is 6.26. The average molecular weight is 407 g/mol. The Morgan fingerprint density at radius 2 is 1.97 bits per heavy atom. The maximum absolute atomic E-state index is 5.99.